The van der Waals surface area contributed by atoms with Crippen LogP contribution in [0.5, 0.6) is 0 Å². The zero-order valence-electron chi connectivity index (χ0n) is 19.7. The van der Waals surface area contributed by atoms with Crippen molar-refractivity contribution in [3.63, 3.8) is 0 Å². The van der Waals surface area contributed by atoms with Crippen molar-refractivity contribution in [2.24, 2.45) is 5.92 Å². The molecule has 2 aliphatic rings. The first kappa shape index (κ1) is 25.1. The first-order valence-corrected chi connectivity index (χ1v) is 13.2. The number of ether oxygens (including phenoxy) is 1. The zero-order valence-corrected chi connectivity index (χ0v) is 22.1. The molecule has 1 fully saturated rings. The van der Waals surface area contributed by atoms with E-state index in [0.29, 0.717) is 58.7 Å². The number of fused-ring (bicyclic) bond motifs is 1. The highest BCUT2D eigenvalue weighted by atomic mass is 35.5. The molecule has 0 aliphatic carbocycles. The van der Waals surface area contributed by atoms with E-state index in [0.717, 1.165) is 24.0 Å². The van der Waals surface area contributed by atoms with Crippen LogP contribution in [0, 0.1) is 5.92 Å². The highest BCUT2D eigenvalue weighted by molar-refractivity contribution is 7.98. The number of carbonyl (C=O) groups excluding carboxylic acids is 2. The number of rotatable bonds is 4. The average Bonchev–Trinajstić information content (AvgIpc) is 3.08. The van der Waals surface area contributed by atoms with Gasteiger partial charge in [0.25, 0.3) is 5.91 Å². The molecule has 0 saturated carbocycles. The molecule has 0 unspecified atom stereocenters. The fourth-order valence-electron chi connectivity index (χ4n) is 4.28. The second kappa shape index (κ2) is 9.91. The Hall–Kier alpha value is -2.03. The molecule has 34 heavy (non-hydrogen) atoms. The molecule has 0 atom stereocenters. The number of halogens is 2. The molecule has 1 aromatic carbocycles. The number of benzene rings is 1. The van der Waals surface area contributed by atoms with E-state index in [1.165, 1.54) is 11.8 Å². The standard InChI is InChI=1S/C24H28Cl2N4O3S/c1-24(2,3)33-23(32)29-9-7-14(8-10-29)12-30-13-17-19(16-6-5-15(25)11-18(16)26)27-22(34-4)28-20(17)21(30)31/h5-6,11,14H,7-10,12-13H2,1-4H3. The maximum Gasteiger partial charge on any atom is 0.410 e. The van der Waals surface area contributed by atoms with Crippen molar-refractivity contribution >= 4 is 47.0 Å². The Labute approximate surface area is 214 Å². The van der Waals surface area contributed by atoms with Crippen molar-refractivity contribution in [1.82, 2.24) is 19.8 Å². The van der Waals surface area contributed by atoms with Gasteiger partial charge in [-0.25, -0.2) is 14.8 Å². The summed E-state index contributed by atoms with van der Waals surface area (Å²) in [6.45, 7) is 7.89. The maximum atomic E-state index is 13.3. The summed E-state index contributed by atoms with van der Waals surface area (Å²) in [4.78, 5) is 38.4. The number of amides is 2. The summed E-state index contributed by atoms with van der Waals surface area (Å²) < 4.78 is 5.49. The van der Waals surface area contributed by atoms with Gasteiger partial charge in [0.2, 0.25) is 0 Å². The van der Waals surface area contributed by atoms with E-state index in [2.05, 4.69) is 9.97 Å². The molecular weight excluding hydrogens is 495 g/mol. The third-order valence-corrected chi connectivity index (χ3v) is 7.03. The van der Waals surface area contributed by atoms with Crippen LogP contribution in [0.2, 0.25) is 10.0 Å². The third-order valence-electron chi connectivity index (χ3n) is 5.94. The fourth-order valence-corrected chi connectivity index (χ4v) is 5.14. The molecule has 0 radical (unpaired) electrons. The Balaban J connectivity index is 1.49. The quantitative estimate of drug-likeness (QED) is 0.374. The molecule has 1 aromatic heterocycles. The molecule has 2 aliphatic heterocycles. The Morgan fingerprint density at radius 3 is 2.47 bits per heavy atom. The Kier molecular flexibility index (Phi) is 7.31. The van der Waals surface area contributed by atoms with E-state index in [1.807, 2.05) is 38.0 Å². The van der Waals surface area contributed by atoms with Crippen molar-refractivity contribution in [2.75, 3.05) is 25.9 Å². The molecule has 0 spiro atoms. The molecule has 182 valence electrons. The largest absolute Gasteiger partial charge is 0.444 e. The number of hydrogen-bond donors (Lipinski definition) is 0. The number of carbonyl (C=O) groups is 2. The van der Waals surface area contributed by atoms with E-state index in [9.17, 15) is 9.59 Å². The molecule has 7 nitrogen and oxygen atoms in total. The second-order valence-electron chi connectivity index (χ2n) is 9.61. The van der Waals surface area contributed by atoms with E-state index in [4.69, 9.17) is 27.9 Å². The Morgan fingerprint density at radius 2 is 1.85 bits per heavy atom. The topological polar surface area (TPSA) is 75.6 Å². The smallest absolute Gasteiger partial charge is 0.410 e. The summed E-state index contributed by atoms with van der Waals surface area (Å²) in [5.41, 5.74) is 2.12. The van der Waals surface area contributed by atoms with Crippen LogP contribution >= 0.6 is 35.0 Å². The van der Waals surface area contributed by atoms with Gasteiger partial charge >= 0.3 is 6.09 Å². The fraction of sp³-hybridized carbons (Fsp3) is 0.500. The van der Waals surface area contributed by atoms with E-state index in [1.54, 1.807) is 17.0 Å². The number of thioether (sulfide) groups is 1. The van der Waals surface area contributed by atoms with E-state index < -0.39 is 5.60 Å². The Bertz CT molecular complexity index is 1110. The summed E-state index contributed by atoms with van der Waals surface area (Å²) in [5, 5.41) is 1.56. The highest BCUT2D eigenvalue weighted by Crippen LogP contribution is 2.37. The van der Waals surface area contributed by atoms with Gasteiger partial charge in [0.1, 0.15) is 11.3 Å². The second-order valence-corrected chi connectivity index (χ2v) is 11.2. The third kappa shape index (κ3) is 5.44. The molecule has 4 rings (SSSR count). The summed E-state index contributed by atoms with van der Waals surface area (Å²) in [7, 11) is 0. The summed E-state index contributed by atoms with van der Waals surface area (Å²) >= 11 is 13.9. The van der Waals surface area contributed by atoms with Gasteiger partial charge < -0.3 is 14.5 Å². The highest BCUT2D eigenvalue weighted by Gasteiger charge is 2.36. The van der Waals surface area contributed by atoms with Crippen LogP contribution in [-0.4, -0.2) is 63.3 Å². The lowest BCUT2D eigenvalue weighted by atomic mass is 9.96. The molecule has 2 aromatic rings. The van der Waals surface area contributed by atoms with Crippen molar-refractivity contribution in [1.29, 1.82) is 0 Å². The van der Waals surface area contributed by atoms with Crippen molar-refractivity contribution in [3.05, 3.63) is 39.5 Å². The van der Waals surface area contributed by atoms with Gasteiger partial charge in [-0.2, -0.15) is 0 Å². The van der Waals surface area contributed by atoms with Gasteiger partial charge in [-0.05, 0) is 64.0 Å². The van der Waals surface area contributed by atoms with Gasteiger partial charge in [0.15, 0.2) is 5.16 Å². The van der Waals surface area contributed by atoms with Gasteiger partial charge in [-0.15, -0.1) is 0 Å². The summed E-state index contributed by atoms with van der Waals surface area (Å²) in [6.07, 6.45) is 3.23. The van der Waals surface area contributed by atoms with Crippen LogP contribution in [0.4, 0.5) is 4.79 Å². The number of nitrogens with zero attached hydrogens (tertiary/aromatic N) is 4. The van der Waals surface area contributed by atoms with Gasteiger partial charge in [-0.1, -0.05) is 35.0 Å². The normalized spacial score (nSPS) is 16.7. The van der Waals surface area contributed by atoms with Gasteiger partial charge in [0, 0.05) is 35.8 Å². The SMILES string of the molecule is CSc1nc2c(c(-c3ccc(Cl)cc3Cl)n1)CN(CC1CCN(C(=O)OC(C)(C)C)CC1)C2=O. The molecule has 0 bridgehead atoms. The molecule has 3 heterocycles. The lowest BCUT2D eigenvalue weighted by molar-refractivity contribution is 0.0167. The van der Waals surface area contributed by atoms with Crippen molar-refractivity contribution in [3.8, 4) is 11.3 Å². The minimum atomic E-state index is -0.511. The van der Waals surface area contributed by atoms with E-state index >= 15 is 0 Å². The average molecular weight is 523 g/mol. The maximum absolute atomic E-state index is 13.3. The van der Waals surface area contributed by atoms with E-state index in [-0.39, 0.29) is 12.0 Å². The lowest BCUT2D eigenvalue weighted by Gasteiger charge is -2.34. The number of likely N-dealkylation sites (tertiary alicyclic amines) is 1. The molecule has 2 amide bonds. The van der Waals surface area contributed by atoms with Crippen molar-refractivity contribution in [2.45, 2.75) is 50.9 Å². The predicted octanol–water partition coefficient (Wildman–Crippen LogP) is 5.78. The molecule has 0 N–H and O–H groups in total. The minimum absolute atomic E-state index is 0.0893. The van der Waals surface area contributed by atoms with Crippen molar-refractivity contribution < 1.29 is 14.3 Å². The lowest BCUT2D eigenvalue weighted by Crippen LogP contribution is -2.43. The van der Waals surface area contributed by atoms with Gasteiger partial charge in [-0.3, -0.25) is 4.79 Å². The van der Waals surface area contributed by atoms with Crippen LogP contribution in [0.15, 0.2) is 23.4 Å². The number of aromatic nitrogens is 2. The van der Waals surface area contributed by atoms with Crippen LogP contribution in [0.3, 0.4) is 0 Å². The van der Waals surface area contributed by atoms with Crippen LogP contribution in [-0.2, 0) is 11.3 Å². The predicted molar refractivity (Wildman–Crippen MR) is 135 cm³/mol. The monoisotopic (exact) mass is 522 g/mol. The summed E-state index contributed by atoms with van der Waals surface area (Å²) in [6, 6.07) is 5.28. The van der Waals surface area contributed by atoms with Gasteiger partial charge in [0.05, 0.1) is 17.3 Å². The van der Waals surface area contributed by atoms with Crippen LogP contribution in [0.1, 0.15) is 49.7 Å². The number of hydrogen-bond acceptors (Lipinski definition) is 6. The minimum Gasteiger partial charge on any atom is -0.444 e. The molecule has 1 saturated heterocycles. The first-order valence-electron chi connectivity index (χ1n) is 11.2. The zero-order chi connectivity index (χ0) is 24.6. The van der Waals surface area contributed by atoms with Crippen LogP contribution < -0.4 is 0 Å². The molecule has 10 heteroatoms. The Morgan fingerprint density at radius 1 is 1.18 bits per heavy atom. The summed E-state index contributed by atoms with van der Waals surface area (Å²) in [5.74, 6) is 0.209. The molecular formula is C24H28Cl2N4O3S. The van der Waals surface area contributed by atoms with Crippen LogP contribution in [0.25, 0.3) is 11.3 Å². The first-order chi connectivity index (χ1) is 16.1. The number of piperidine rings is 1.